The van der Waals surface area contributed by atoms with Crippen LogP contribution in [-0.2, 0) is 14.8 Å². The quantitative estimate of drug-likeness (QED) is 0.794. The van der Waals surface area contributed by atoms with E-state index in [0.717, 1.165) is 26.0 Å². The number of nitrogens with one attached hydrogen (secondary N) is 2. The third-order valence-electron chi connectivity index (χ3n) is 3.19. The maximum Gasteiger partial charge on any atom is 0.242 e. The smallest absolute Gasteiger partial charge is 0.242 e. The Labute approximate surface area is 120 Å². The first kappa shape index (κ1) is 15.2. The molecule has 1 aromatic heterocycles. The normalized spacial score (nSPS) is 19.1. The highest BCUT2D eigenvalue weighted by atomic mass is 32.2. The number of aromatic nitrogens is 1. The summed E-state index contributed by atoms with van der Waals surface area (Å²) < 4.78 is 32.2. The molecule has 1 saturated heterocycles. The largest absolute Gasteiger partial charge is 0.378 e. The van der Waals surface area contributed by atoms with E-state index in [1.165, 1.54) is 6.20 Å². The molecule has 0 saturated carbocycles. The average molecular weight is 299 g/mol. The van der Waals surface area contributed by atoms with Crippen LogP contribution in [-0.4, -0.2) is 39.2 Å². The number of anilines is 1. The maximum absolute atomic E-state index is 12.1. The van der Waals surface area contributed by atoms with Gasteiger partial charge in [0.05, 0.1) is 6.10 Å². The zero-order valence-electron chi connectivity index (χ0n) is 11.6. The Balaban J connectivity index is 1.88. The maximum atomic E-state index is 12.1. The van der Waals surface area contributed by atoms with Crippen molar-refractivity contribution in [2.45, 2.75) is 37.2 Å². The van der Waals surface area contributed by atoms with Crippen molar-refractivity contribution in [3.63, 3.8) is 0 Å². The van der Waals surface area contributed by atoms with Crippen LogP contribution >= 0.6 is 0 Å². The highest BCUT2D eigenvalue weighted by Crippen LogP contribution is 2.15. The van der Waals surface area contributed by atoms with Gasteiger partial charge in [0.15, 0.2) is 0 Å². The minimum atomic E-state index is -3.48. The molecule has 1 aliphatic heterocycles. The lowest BCUT2D eigenvalue weighted by Gasteiger charge is -2.10. The Kier molecular flexibility index (Phi) is 5.33. The van der Waals surface area contributed by atoms with Crippen LogP contribution in [0.2, 0.25) is 0 Å². The molecule has 0 aliphatic carbocycles. The highest BCUT2D eigenvalue weighted by molar-refractivity contribution is 7.89. The summed E-state index contributed by atoms with van der Waals surface area (Å²) in [5.41, 5.74) is 0. The van der Waals surface area contributed by atoms with Gasteiger partial charge in [0.2, 0.25) is 10.0 Å². The summed E-state index contributed by atoms with van der Waals surface area (Å²) in [6, 6.07) is 3.22. The van der Waals surface area contributed by atoms with Crippen molar-refractivity contribution in [2.24, 2.45) is 0 Å². The Hall–Kier alpha value is -1.18. The Morgan fingerprint density at radius 1 is 1.45 bits per heavy atom. The van der Waals surface area contributed by atoms with E-state index in [2.05, 4.69) is 15.0 Å². The van der Waals surface area contributed by atoms with Crippen LogP contribution in [0.5, 0.6) is 0 Å². The molecule has 112 valence electrons. The highest BCUT2D eigenvalue weighted by Gasteiger charge is 2.18. The number of hydrogen-bond donors (Lipinski definition) is 2. The molecule has 20 heavy (non-hydrogen) atoms. The van der Waals surface area contributed by atoms with Crippen molar-refractivity contribution in [1.82, 2.24) is 9.71 Å². The Bertz CT molecular complexity index is 510. The van der Waals surface area contributed by atoms with Gasteiger partial charge < -0.3 is 10.1 Å². The van der Waals surface area contributed by atoms with Gasteiger partial charge in [-0.25, -0.2) is 18.1 Å². The van der Waals surface area contributed by atoms with Gasteiger partial charge in [0.1, 0.15) is 10.7 Å². The fourth-order valence-corrected chi connectivity index (χ4v) is 3.13. The SMILES string of the molecule is CCNc1ccc(S(=O)(=O)NCCC2CCCO2)cn1. The van der Waals surface area contributed by atoms with E-state index in [4.69, 9.17) is 4.74 Å². The third kappa shape index (κ3) is 4.16. The van der Waals surface area contributed by atoms with Crippen LogP contribution in [0.3, 0.4) is 0 Å². The first-order valence-corrected chi connectivity index (χ1v) is 8.41. The van der Waals surface area contributed by atoms with Crippen LogP contribution < -0.4 is 10.0 Å². The summed E-state index contributed by atoms with van der Waals surface area (Å²) in [6.45, 7) is 3.88. The van der Waals surface area contributed by atoms with E-state index in [1.54, 1.807) is 12.1 Å². The predicted octanol–water partition coefficient (Wildman–Crippen LogP) is 1.36. The first-order chi connectivity index (χ1) is 9.62. The predicted molar refractivity (Wildman–Crippen MR) is 77.2 cm³/mol. The molecule has 0 radical (unpaired) electrons. The van der Waals surface area contributed by atoms with E-state index >= 15 is 0 Å². The number of ether oxygens (including phenoxy) is 1. The van der Waals surface area contributed by atoms with Crippen LogP contribution in [0.4, 0.5) is 5.82 Å². The second-order valence-electron chi connectivity index (χ2n) is 4.73. The molecule has 1 aromatic rings. The van der Waals surface area contributed by atoms with Crippen molar-refractivity contribution in [1.29, 1.82) is 0 Å². The van der Waals surface area contributed by atoms with Crippen molar-refractivity contribution < 1.29 is 13.2 Å². The van der Waals surface area contributed by atoms with Crippen LogP contribution in [0, 0.1) is 0 Å². The van der Waals surface area contributed by atoms with E-state index < -0.39 is 10.0 Å². The molecular weight excluding hydrogens is 278 g/mol. The van der Waals surface area contributed by atoms with Crippen molar-refractivity contribution >= 4 is 15.8 Å². The fraction of sp³-hybridized carbons (Fsp3) is 0.615. The molecule has 1 aliphatic rings. The summed E-state index contributed by atoms with van der Waals surface area (Å²) >= 11 is 0. The molecule has 2 rings (SSSR count). The first-order valence-electron chi connectivity index (χ1n) is 6.93. The lowest BCUT2D eigenvalue weighted by Crippen LogP contribution is -2.27. The van der Waals surface area contributed by atoms with E-state index in [9.17, 15) is 8.42 Å². The van der Waals surface area contributed by atoms with E-state index in [0.29, 0.717) is 18.8 Å². The Morgan fingerprint density at radius 3 is 2.90 bits per heavy atom. The van der Waals surface area contributed by atoms with Gasteiger partial charge in [-0.2, -0.15) is 0 Å². The molecular formula is C13H21N3O3S. The number of nitrogens with zero attached hydrogens (tertiary/aromatic N) is 1. The van der Waals surface area contributed by atoms with Gasteiger partial charge in [-0.3, -0.25) is 0 Å². The molecule has 1 atom stereocenters. The van der Waals surface area contributed by atoms with Crippen molar-refractivity contribution in [2.75, 3.05) is 25.0 Å². The summed E-state index contributed by atoms with van der Waals surface area (Å²) in [5.74, 6) is 0.672. The molecule has 2 N–H and O–H groups in total. The number of hydrogen-bond acceptors (Lipinski definition) is 5. The standard InChI is InChI=1S/C13H21N3O3S/c1-2-14-13-6-5-12(10-15-13)20(17,18)16-8-7-11-4-3-9-19-11/h5-6,10-11,16H,2-4,7-9H2,1H3,(H,14,15). The third-order valence-corrected chi connectivity index (χ3v) is 4.63. The lowest BCUT2D eigenvalue weighted by atomic mass is 10.2. The topological polar surface area (TPSA) is 80.3 Å². The minimum Gasteiger partial charge on any atom is -0.378 e. The second kappa shape index (κ2) is 7.01. The molecule has 0 amide bonds. The molecule has 0 bridgehead atoms. The summed E-state index contributed by atoms with van der Waals surface area (Å²) in [5, 5.41) is 3.02. The van der Waals surface area contributed by atoms with Crippen molar-refractivity contribution in [3.05, 3.63) is 18.3 Å². The average Bonchev–Trinajstić information content (AvgIpc) is 2.93. The molecule has 6 nitrogen and oxygen atoms in total. The van der Waals surface area contributed by atoms with Crippen molar-refractivity contribution in [3.8, 4) is 0 Å². The second-order valence-corrected chi connectivity index (χ2v) is 6.50. The van der Waals surface area contributed by atoms with E-state index in [-0.39, 0.29) is 11.0 Å². The lowest BCUT2D eigenvalue weighted by molar-refractivity contribution is 0.105. The molecule has 1 unspecified atom stereocenters. The zero-order valence-corrected chi connectivity index (χ0v) is 12.4. The molecule has 2 heterocycles. The number of sulfonamides is 1. The van der Waals surface area contributed by atoms with Crippen LogP contribution in [0.15, 0.2) is 23.2 Å². The van der Waals surface area contributed by atoms with Gasteiger partial charge in [-0.05, 0) is 38.3 Å². The Morgan fingerprint density at radius 2 is 2.30 bits per heavy atom. The molecule has 0 aromatic carbocycles. The minimum absolute atomic E-state index is 0.187. The van der Waals surface area contributed by atoms with Gasteiger partial charge in [0.25, 0.3) is 0 Å². The monoisotopic (exact) mass is 299 g/mol. The summed E-state index contributed by atoms with van der Waals surface area (Å²) in [7, 11) is -3.48. The zero-order chi connectivity index (χ0) is 14.4. The summed E-state index contributed by atoms with van der Waals surface area (Å²) in [4.78, 5) is 4.25. The fourth-order valence-electron chi connectivity index (χ4n) is 2.13. The summed E-state index contributed by atoms with van der Waals surface area (Å²) in [6.07, 6.45) is 4.34. The molecule has 0 spiro atoms. The molecule has 7 heteroatoms. The number of rotatable bonds is 7. The number of pyridine rings is 1. The molecule has 1 fully saturated rings. The van der Waals surface area contributed by atoms with Gasteiger partial charge >= 0.3 is 0 Å². The van der Waals surface area contributed by atoms with E-state index in [1.807, 2.05) is 6.92 Å². The van der Waals surface area contributed by atoms with Gasteiger partial charge in [-0.15, -0.1) is 0 Å². The van der Waals surface area contributed by atoms with Crippen LogP contribution in [0.1, 0.15) is 26.2 Å². The van der Waals surface area contributed by atoms with Gasteiger partial charge in [-0.1, -0.05) is 0 Å². The van der Waals surface area contributed by atoms with Crippen LogP contribution in [0.25, 0.3) is 0 Å². The van der Waals surface area contributed by atoms with Gasteiger partial charge in [0, 0.05) is 25.9 Å².